The molecule has 0 heterocycles. The summed E-state index contributed by atoms with van der Waals surface area (Å²) in [5.74, 6) is -2.25. The van der Waals surface area contributed by atoms with E-state index >= 15 is 0 Å². The summed E-state index contributed by atoms with van der Waals surface area (Å²) in [5, 5.41) is 0. The van der Waals surface area contributed by atoms with Crippen molar-refractivity contribution in [2.45, 2.75) is 20.5 Å². The molecular formula is C15H20O5. The van der Waals surface area contributed by atoms with Crippen LogP contribution < -0.4 is 0 Å². The van der Waals surface area contributed by atoms with Gasteiger partial charge >= 0.3 is 11.9 Å². The Morgan fingerprint density at radius 1 is 1.00 bits per heavy atom. The van der Waals surface area contributed by atoms with Gasteiger partial charge in [-0.3, -0.25) is 9.59 Å². The third-order valence-corrected chi connectivity index (χ3v) is 2.54. The second-order valence-corrected chi connectivity index (χ2v) is 4.06. The highest BCUT2D eigenvalue weighted by molar-refractivity contribution is 5.95. The molecule has 20 heavy (non-hydrogen) atoms. The second-order valence-electron chi connectivity index (χ2n) is 4.06. The van der Waals surface area contributed by atoms with E-state index in [9.17, 15) is 9.59 Å². The van der Waals surface area contributed by atoms with Gasteiger partial charge in [0.2, 0.25) is 0 Å². The van der Waals surface area contributed by atoms with E-state index in [1.54, 1.807) is 13.8 Å². The molecule has 0 radical (unpaired) electrons. The van der Waals surface area contributed by atoms with Gasteiger partial charge in [-0.15, -0.1) is 0 Å². The lowest BCUT2D eigenvalue weighted by molar-refractivity contribution is -0.164. The van der Waals surface area contributed by atoms with Crippen molar-refractivity contribution in [3.63, 3.8) is 0 Å². The van der Waals surface area contributed by atoms with Crippen LogP contribution in [0.25, 0.3) is 0 Å². The maximum atomic E-state index is 11.7. The lowest BCUT2D eigenvalue weighted by Gasteiger charge is -2.14. The van der Waals surface area contributed by atoms with Gasteiger partial charge in [0.25, 0.3) is 0 Å². The van der Waals surface area contributed by atoms with Gasteiger partial charge in [0.05, 0.1) is 26.4 Å². The fourth-order valence-corrected chi connectivity index (χ4v) is 1.59. The van der Waals surface area contributed by atoms with Gasteiger partial charge in [0.15, 0.2) is 5.92 Å². The molecule has 1 aromatic rings. The largest absolute Gasteiger partial charge is 0.465 e. The molecule has 1 rings (SSSR count). The van der Waals surface area contributed by atoms with Crippen LogP contribution in [0.3, 0.4) is 0 Å². The average Bonchev–Trinajstić information content (AvgIpc) is 2.45. The van der Waals surface area contributed by atoms with E-state index in [0.29, 0.717) is 6.61 Å². The Morgan fingerprint density at radius 2 is 1.55 bits per heavy atom. The number of carbonyl (C=O) groups is 2. The maximum Gasteiger partial charge on any atom is 0.322 e. The van der Waals surface area contributed by atoms with Crippen molar-refractivity contribution in [1.82, 2.24) is 0 Å². The first-order valence-corrected chi connectivity index (χ1v) is 6.64. The summed E-state index contributed by atoms with van der Waals surface area (Å²) < 4.78 is 15.1. The molecule has 0 N–H and O–H groups in total. The molecule has 0 saturated heterocycles. The molecule has 0 aliphatic heterocycles. The molecule has 0 saturated carbocycles. The molecule has 5 heteroatoms. The van der Waals surface area contributed by atoms with Crippen LogP contribution in [0, 0.1) is 5.92 Å². The van der Waals surface area contributed by atoms with E-state index in [0.717, 1.165) is 5.56 Å². The fourth-order valence-electron chi connectivity index (χ4n) is 1.59. The Hall–Kier alpha value is -1.88. The highest BCUT2D eigenvalue weighted by atomic mass is 16.6. The first-order chi connectivity index (χ1) is 9.69. The highest BCUT2D eigenvalue weighted by Gasteiger charge is 2.29. The molecule has 5 nitrogen and oxygen atoms in total. The summed E-state index contributed by atoms with van der Waals surface area (Å²) in [6.07, 6.45) is 0. The van der Waals surface area contributed by atoms with E-state index in [-0.39, 0.29) is 19.8 Å². The van der Waals surface area contributed by atoms with Gasteiger partial charge in [0.1, 0.15) is 0 Å². The number of esters is 2. The quantitative estimate of drug-likeness (QED) is 0.538. The predicted octanol–water partition coefficient (Wildman–Crippen LogP) is 1.95. The minimum absolute atomic E-state index is 0.0490. The van der Waals surface area contributed by atoms with Crippen molar-refractivity contribution in [3.05, 3.63) is 35.9 Å². The number of hydrogen-bond acceptors (Lipinski definition) is 5. The first kappa shape index (κ1) is 16.2. The summed E-state index contributed by atoms with van der Waals surface area (Å²) in [7, 11) is 0. The Labute approximate surface area is 118 Å². The van der Waals surface area contributed by atoms with Crippen molar-refractivity contribution in [1.29, 1.82) is 0 Å². The monoisotopic (exact) mass is 280 g/mol. The first-order valence-electron chi connectivity index (χ1n) is 6.64. The number of rotatable bonds is 8. The van der Waals surface area contributed by atoms with Crippen LogP contribution in [0.1, 0.15) is 19.4 Å². The zero-order valence-electron chi connectivity index (χ0n) is 11.8. The smallest absolute Gasteiger partial charge is 0.322 e. The standard InChI is InChI=1S/C15H20O5/c1-3-19-14(16)13(15(17)20-4-2)11-18-10-12-8-6-5-7-9-12/h5-9,13H,3-4,10-11H2,1-2H3. The molecule has 0 fully saturated rings. The van der Waals surface area contributed by atoms with Gasteiger partial charge in [-0.05, 0) is 19.4 Å². The summed E-state index contributed by atoms with van der Waals surface area (Å²) in [5.41, 5.74) is 0.971. The van der Waals surface area contributed by atoms with Crippen LogP contribution in [0.4, 0.5) is 0 Å². The molecule has 0 bridgehead atoms. The third kappa shape index (κ3) is 5.40. The SMILES string of the molecule is CCOC(=O)C(COCc1ccccc1)C(=O)OCC. The Balaban J connectivity index is 2.51. The summed E-state index contributed by atoms with van der Waals surface area (Å²) in [4.78, 5) is 23.4. The molecular weight excluding hydrogens is 260 g/mol. The van der Waals surface area contributed by atoms with Gasteiger partial charge in [0, 0.05) is 0 Å². The Bertz CT molecular complexity index is 398. The van der Waals surface area contributed by atoms with Gasteiger partial charge < -0.3 is 14.2 Å². The fraction of sp³-hybridized carbons (Fsp3) is 0.467. The number of ether oxygens (including phenoxy) is 3. The molecule has 110 valence electrons. The Kier molecular flexibility index (Phi) is 7.35. The minimum atomic E-state index is -1.03. The van der Waals surface area contributed by atoms with Crippen LogP contribution in [0.5, 0.6) is 0 Å². The molecule has 0 aliphatic carbocycles. The molecule has 0 aliphatic rings. The summed E-state index contributed by atoms with van der Waals surface area (Å²) >= 11 is 0. The molecule has 0 unspecified atom stereocenters. The van der Waals surface area contributed by atoms with Gasteiger partial charge in [-0.1, -0.05) is 30.3 Å². The lowest BCUT2D eigenvalue weighted by atomic mass is 10.1. The van der Waals surface area contributed by atoms with Gasteiger partial charge in [-0.25, -0.2) is 0 Å². The predicted molar refractivity (Wildman–Crippen MR) is 72.9 cm³/mol. The van der Waals surface area contributed by atoms with Crippen molar-refractivity contribution in [3.8, 4) is 0 Å². The van der Waals surface area contributed by atoms with E-state index < -0.39 is 17.9 Å². The van der Waals surface area contributed by atoms with Gasteiger partial charge in [-0.2, -0.15) is 0 Å². The van der Waals surface area contributed by atoms with Crippen LogP contribution >= 0.6 is 0 Å². The number of carbonyl (C=O) groups excluding carboxylic acids is 2. The average molecular weight is 280 g/mol. The van der Waals surface area contributed by atoms with Crippen molar-refractivity contribution in [2.75, 3.05) is 19.8 Å². The van der Waals surface area contributed by atoms with Crippen molar-refractivity contribution < 1.29 is 23.8 Å². The number of benzene rings is 1. The van der Waals surface area contributed by atoms with E-state index in [1.807, 2.05) is 30.3 Å². The molecule has 1 aromatic carbocycles. The van der Waals surface area contributed by atoms with E-state index in [4.69, 9.17) is 14.2 Å². The molecule has 0 spiro atoms. The van der Waals surface area contributed by atoms with Crippen molar-refractivity contribution in [2.24, 2.45) is 5.92 Å². The molecule has 0 atom stereocenters. The normalized spacial score (nSPS) is 10.3. The minimum Gasteiger partial charge on any atom is -0.465 e. The van der Waals surface area contributed by atoms with Crippen LogP contribution in [0.15, 0.2) is 30.3 Å². The van der Waals surface area contributed by atoms with Crippen LogP contribution in [0.2, 0.25) is 0 Å². The van der Waals surface area contributed by atoms with E-state index in [1.165, 1.54) is 0 Å². The van der Waals surface area contributed by atoms with Crippen LogP contribution in [-0.4, -0.2) is 31.8 Å². The second kappa shape index (κ2) is 9.09. The summed E-state index contributed by atoms with van der Waals surface area (Å²) in [6.45, 7) is 4.08. The highest BCUT2D eigenvalue weighted by Crippen LogP contribution is 2.07. The lowest BCUT2D eigenvalue weighted by Crippen LogP contribution is -2.32. The zero-order valence-corrected chi connectivity index (χ0v) is 11.8. The molecule has 0 aromatic heterocycles. The van der Waals surface area contributed by atoms with E-state index in [2.05, 4.69) is 0 Å². The zero-order chi connectivity index (χ0) is 14.8. The Morgan fingerprint density at radius 3 is 2.05 bits per heavy atom. The number of hydrogen-bond donors (Lipinski definition) is 0. The van der Waals surface area contributed by atoms with Crippen LogP contribution in [-0.2, 0) is 30.4 Å². The topological polar surface area (TPSA) is 61.8 Å². The van der Waals surface area contributed by atoms with Crippen molar-refractivity contribution >= 4 is 11.9 Å². The maximum absolute atomic E-state index is 11.7. The molecule has 0 amide bonds. The summed E-state index contributed by atoms with van der Waals surface area (Å²) in [6, 6.07) is 9.51. The third-order valence-electron chi connectivity index (χ3n) is 2.54.